The summed E-state index contributed by atoms with van der Waals surface area (Å²) >= 11 is 6.22. The maximum absolute atomic E-state index is 12.6. The van der Waals surface area contributed by atoms with Crippen LogP contribution in [0.15, 0.2) is 24.8 Å². The number of nitrogens with zero attached hydrogens (tertiary/aromatic N) is 4. The van der Waals surface area contributed by atoms with E-state index in [1.165, 1.54) is 6.33 Å². The third-order valence-corrected chi connectivity index (χ3v) is 14.0. The molecule has 35 heavy (non-hydrogen) atoms. The molecule has 0 spiro atoms. The molecule has 2 rings (SSSR count). The topological polar surface area (TPSA) is 120 Å². The van der Waals surface area contributed by atoms with Gasteiger partial charge in [0.2, 0.25) is 0 Å². The number of ether oxygens (including phenoxy) is 1. The first kappa shape index (κ1) is 30.1. The van der Waals surface area contributed by atoms with Crippen LogP contribution in [0, 0.1) is 11.8 Å². The lowest BCUT2D eigenvalue weighted by atomic mass is 9.95. The van der Waals surface area contributed by atoms with E-state index >= 15 is 0 Å². The Morgan fingerprint density at radius 2 is 1.74 bits per heavy atom. The fourth-order valence-electron chi connectivity index (χ4n) is 4.01. The van der Waals surface area contributed by atoms with E-state index in [1.54, 1.807) is 34.0 Å². The number of halogens is 1. The lowest BCUT2D eigenvalue weighted by Gasteiger charge is -2.42. The van der Waals surface area contributed by atoms with Crippen LogP contribution < -0.4 is 0 Å². The first-order valence-corrected chi connectivity index (χ1v) is 16.6. The van der Waals surface area contributed by atoms with Crippen LogP contribution in [0.3, 0.4) is 0 Å². The van der Waals surface area contributed by atoms with Crippen LogP contribution in [0.2, 0.25) is 23.3 Å². The quantitative estimate of drug-likeness (QED) is 0.157. The molecule has 0 saturated carbocycles. The van der Waals surface area contributed by atoms with Crippen LogP contribution in [0.4, 0.5) is 0 Å². The van der Waals surface area contributed by atoms with E-state index in [0.29, 0.717) is 16.7 Å². The van der Waals surface area contributed by atoms with E-state index in [-0.39, 0.29) is 23.4 Å². The third kappa shape index (κ3) is 6.06. The zero-order valence-electron chi connectivity index (χ0n) is 22.2. The summed E-state index contributed by atoms with van der Waals surface area (Å²) in [5, 5.41) is -1.42. The summed E-state index contributed by atoms with van der Waals surface area (Å²) in [5.41, 5.74) is 1.55. The van der Waals surface area contributed by atoms with Crippen LogP contribution in [-0.2, 0) is 13.7 Å². The van der Waals surface area contributed by atoms with E-state index in [0.717, 1.165) is 0 Å². The second kappa shape index (κ2) is 10.7. The van der Waals surface area contributed by atoms with Gasteiger partial charge in [0, 0.05) is 0 Å². The molecule has 0 aromatic carbocycles. The Hall–Kier alpha value is -1.13. The molecule has 1 unspecified atom stereocenters. The smallest absolute Gasteiger partial charge is 0.357 e. The molecule has 2 aromatic heterocycles. The monoisotopic (exact) mass is 546 g/mol. The zero-order valence-corrected chi connectivity index (χ0v) is 24.9. The highest BCUT2D eigenvalue weighted by molar-refractivity contribution is 7.53. The highest BCUT2D eigenvalue weighted by atomic mass is 35.5. The van der Waals surface area contributed by atoms with E-state index in [1.807, 2.05) is 4.57 Å². The van der Waals surface area contributed by atoms with Crippen molar-refractivity contribution in [3.8, 4) is 0 Å². The molecule has 0 aliphatic heterocycles. The van der Waals surface area contributed by atoms with Crippen molar-refractivity contribution in [2.24, 2.45) is 11.8 Å². The Bertz CT molecular complexity index is 1090. The van der Waals surface area contributed by atoms with Crippen molar-refractivity contribution in [2.75, 3.05) is 13.2 Å². The van der Waals surface area contributed by atoms with Crippen LogP contribution in [0.5, 0.6) is 0 Å². The van der Waals surface area contributed by atoms with Gasteiger partial charge in [0.1, 0.15) is 11.8 Å². The molecule has 9 nitrogen and oxygen atoms in total. The number of fused-ring (bicyclic) bond motifs is 1. The van der Waals surface area contributed by atoms with Gasteiger partial charge in [-0.2, -0.15) is 0 Å². The molecule has 0 amide bonds. The van der Waals surface area contributed by atoms with Gasteiger partial charge in [-0.05, 0) is 35.5 Å². The van der Waals surface area contributed by atoms with E-state index < -0.39 is 39.1 Å². The predicted octanol–water partition coefficient (Wildman–Crippen LogP) is 5.80. The Morgan fingerprint density at radius 3 is 2.23 bits per heavy atom. The Balaban J connectivity index is 2.47. The lowest BCUT2D eigenvalue weighted by molar-refractivity contribution is -0.0544. The molecule has 0 aliphatic carbocycles. The van der Waals surface area contributed by atoms with Gasteiger partial charge in [0.05, 0.1) is 25.6 Å². The summed E-state index contributed by atoms with van der Waals surface area (Å²) in [6.07, 6.45) is 2.97. The minimum Gasteiger partial charge on any atom is -0.414 e. The van der Waals surface area contributed by atoms with Crippen molar-refractivity contribution >= 4 is 38.7 Å². The molecular weight excluding hydrogens is 507 g/mol. The predicted molar refractivity (Wildman–Crippen MR) is 142 cm³/mol. The van der Waals surface area contributed by atoms with E-state index in [4.69, 9.17) is 20.8 Å². The van der Waals surface area contributed by atoms with Gasteiger partial charge in [-0.25, -0.2) is 15.0 Å². The van der Waals surface area contributed by atoms with Gasteiger partial charge < -0.3 is 23.5 Å². The third-order valence-electron chi connectivity index (χ3n) is 7.13. The van der Waals surface area contributed by atoms with Crippen LogP contribution in [0.25, 0.3) is 11.2 Å². The van der Waals surface area contributed by atoms with Gasteiger partial charge in [0.15, 0.2) is 24.5 Å². The molecular formula is C23H40ClN4O5PSi. The standard InChI is InChI=1S/C23H40ClN4O5PSi/c1-15(2)23(16(3)4,34(29,30)31)32-11-17(5)18(12-33-35(9,10)22(6,7)8)28-14-27-19-20(24)25-13-26-21(19)28/h13-16,18H,5,11-12H2,1-4,6-10H3,(H2,29,30,31). The first-order valence-electron chi connectivity index (χ1n) is 11.7. The van der Waals surface area contributed by atoms with Gasteiger partial charge in [-0.3, -0.25) is 4.57 Å². The van der Waals surface area contributed by atoms with E-state index in [2.05, 4.69) is 55.4 Å². The molecule has 0 saturated heterocycles. The summed E-state index contributed by atoms with van der Waals surface area (Å²) in [4.78, 5) is 33.3. The molecule has 2 heterocycles. The number of hydrogen-bond acceptors (Lipinski definition) is 6. The van der Waals surface area contributed by atoms with E-state index in [9.17, 15) is 14.4 Å². The molecule has 0 fully saturated rings. The normalized spacial score (nSPS) is 14.8. The summed E-state index contributed by atoms with van der Waals surface area (Å²) < 4.78 is 27.0. The molecule has 2 aromatic rings. The first-order chi connectivity index (χ1) is 15.9. The molecule has 12 heteroatoms. The fraction of sp³-hybridized carbons (Fsp3) is 0.696. The van der Waals surface area contributed by atoms with Crippen molar-refractivity contribution in [1.82, 2.24) is 19.5 Å². The average molecular weight is 547 g/mol. The van der Waals surface area contributed by atoms with Crippen molar-refractivity contribution in [3.05, 3.63) is 30.0 Å². The summed E-state index contributed by atoms with van der Waals surface area (Å²) in [6, 6.07) is -0.450. The van der Waals surface area contributed by atoms with Gasteiger partial charge >= 0.3 is 7.60 Å². The number of imidazole rings is 1. The number of rotatable bonds is 11. The minimum absolute atomic E-state index is 0.0112. The number of aromatic nitrogens is 4. The fourth-order valence-corrected chi connectivity index (χ4v) is 6.77. The highest BCUT2D eigenvalue weighted by Crippen LogP contribution is 2.59. The largest absolute Gasteiger partial charge is 0.414 e. The maximum atomic E-state index is 12.6. The summed E-state index contributed by atoms with van der Waals surface area (Å²) in [5.74, 6) is -0.864. The molecule has 0 aliphatic rings. The summed E-state index contributed by atoms with van der Waals surface area (Å²) in [6.45, 7) is 22.2. The molecule has 1 atom stereocenters. The second-order valence-corrected chi connectivity index (χ2v) is 18.1. The van der Waals surface area contributed by atoms with Gasteiger partial charge in [0.25, 0.3) is 0 Å². The van der Waals surface area contributed by atoms with Gasteiger partial charge in [-0.15, -0.1) is 0 Å². The Labute approximate surface area is 214 Å². The SMILES string of the molecule is C=C(COC(C(C)C)(C(C)C)P(=O)(O)O)C(CO[Si](C)(C)C(C)(C)C)n1cnc2c(Cl)ncnc21. The lowest BCUT2D eigenvalue weighted by Crippen LogP contribution is -2.44. The zero-order chi connectivity index (χ0) is 27.0. The number of hydrogen-bond donors (Lipinski definition) is 2. The van der Waals surface area contributed by atoms with Crippen LogP contribution >= 0.6 is 19.2 Å². The highest BCUT2D eigenvalue weighted by Gasteiger charge is 2.53. The van der Waals surface area contributed by atoms with Gasteiger partial charge in [-0.1, -0.05) is 66.6 Å². The van der Waals surface area contributed by atoms with Crippen molar-refractivity contribution in [2.45, 2.75) is 78.0 Å². The maximum Gasteiger partial charge on any atom is 0.357 e. The van der Waals surface area contributed by atoms with Crippen LogP contribution in [0.1, 0.15) is 54.5 Å². The van der Waals surface area contributed by atoms with Crippen LogP contribution in [-0.4, -0.2) is 56.2 Å². The molecule has 2 N–H and O–H groups in total. The Morgan fingerprint density at radius 1 is 1.17 bits per heavy atom. The van der Waals surface area contributed by atoms with Crippen molar-refractivity contribution in [3.63, 3.8) is 0 Å². The van der Waals surface area contributed by atoms with Crippen molar-refractivity contribution in [1.29, 1.82) is 0 Å². The molecule has 198 valence electrons. The second-order valence-electron chi connectivity index (χ2n) is 11.1. The average Bonchev–Trinajstić information content (AvgIpc) is 3.11. The molecule has 0 radical (unpaired) electrons. The minimum atomic E-state index is -4.62. The summed E-state index contributed by atoms with van der Waals surface area (Å²) in [7, 11) is -6.75. The Kier molecular flexibility index (Phi) is 9.19. The molecule has 0 bridgehead atoms. The van der Waals surface area contributed by atoms with Crippen molar-refractivity contribution < 1.29 is 23.5 Å².